The predicted octanol–water partition coefficient (Wildman–Crippen LogP) is -1.01. The second-order valence-corrected chi connectivity index (χ2v) is 0.250. The second kappa shape index (κ2) is 37.5. The molecule has 0 saturated heterocycles. The molecule has 0 aliphatic carbocycles. The van der Waals surface area contributed by atoms with E-state index in [0.717, 1.165) is 0 Å². The van der Waals surface area contributed by atoms with E-state index in [0.29, 0.717) is 0 Å². The molecule has 0 aromatic heterocycles. The summed E-state index contributed by atoms with van der Waals surface area (Å²) >= 11 is 0. The quantitative estimate of drug-likeness (QED) is 0.342. The average Bonchev–Trinajstić information content (AvgIpc) is 0.918. The van der Waals surface area contributed by atoms with Gasteiger partial charge >= 0.3 is 9.29 Å². The van der Waals surface area contributed by atoms with Crippen LogP contribution >= 0.6 is 0 Å². The Kier molecular flexibility index (Phi) is 178. The van der Waals surface area contributed by atoms with Gasteiger partial charge < -0.3 is 0 Å². The van der Waals surface area contributed by atoms with Crippen LogP contribution in [-0.2, 0) is 70.2 Å². The van der Waals surface area contributed by atoms with Crippen molar-refractivity contribution < 1.29 is 70.2 Å². The third-order valence-corrected chi connectivity index (χ3v) is 0. The van der Waals surface area contributed by atoms with Gasteiger partial charge in [0.05, 0.1) is 0 Å². The van der Waals surface area contributed by atoms with Gasteiger partial charge in [-0.25, -0.2) is 0 Å². The van der Waals surface area contributed by atoms with Crippen molar-refractivity contribution in [1.29, 1.82) is 0 Å². The Labute approximate surface area is 105 Å². The van der Waals surface area contributed by atoms with E-state index in [1.807, 2.05) is 0 Å². The van der Waals surface area contributed by atoms with E-state index in [4.69, 9.17) is 8.92 Å². The summed E-state index contributed by atoms with van der Waals surface area (Å²) in [6.07, 6.45) is 0. The first-order chi connectivity index (χ1) is 1.41. The van der Waals surface area contributed by atoms with Gasteiger partial charge in [0, 0.05) is 88.6 Å². The third-order valence-electron chi connectivity index (χ3n) is 0. The Hall–Kier alpha value is 2.73. The molecule has 0 unspecified atom stereocenters. The molecule has 0 aliphatic heterocycles. The van der Waals surface area contributed by atoms with Crippen LogP contribution in [0.15, 0.2) is 0 Å². The summed E-state index contributed by atoms with van der Waals surface area (Å²) in [6.45, 7) is 0. The van der Waals surface area contributed by atoms with Crippen LogP contribution in [0.5, 0.6) is 0 Å². The summed E-state index contributed by atoms with van der Waals surface area (Å²) < 4.78 is 16.8. The maximum Gasteiger partial charge on any atom is 0.549 e. The Bertz CT molecular complexity index is 33.9. The van der Waals surface area contributed by atoms with Gasteiger partial charge in [-0.2, -0.15) is 0 Å². The van der Waals surface area contributed by atoms with Crippen LogP contribution in [-0.4, -0.2) is 36.6 Å². The van der Waals surface area contributed by atoms with Crippen molar-refractivity contribution in [2.75, 3.05) is 0 Å². The smallest absolute Gasteiger partial charge is 0.274 e. The van der Waals surface area contributed by atoms with Gasteiger partial charge in [0.25, 0.3) is 0 Å². The van der Waals surface area contributed by atoms with Crippen LogP contribution in [0.25, 0.3) is 0 Å². The summed E-state index contributed by atoms with van der Waals surface area (Å²) in [6, 6.07) is 0. The third kappa shape index (κ3) is 53.1. The van der Waals surface area contributed by atoms with Crippen LogP contribution in [0.2, 0.25) is 0 Å². The topological polar surface area (TPSA) is 34.1 Å². The molecular formula is O2PbPd3Si. The molecule has 0 heterocycles. The Morgan fingerprint density at radius 2 is 0.857 bits per heavy atom. The van der Waals surface area contributed by atoms with E-state index in [1.165, 1.54) is 0 Å². The molecule has 0 aromatic rings. The zero-order valence-corrected chi connectivity index (χ0v) is 12.3. The number of rotatable bonds is 0. The Morgan fingerprint density at radius 1 is 0.857 bits per heavy atom. The maximum absolute atomic E-state index is 8.40. The summed E-state index contributed by atoms with van der Waals surface area (Å²) in [7, 11) is -1.42. The van der Waals surface area contributed by atoms with E-state index in [1.54, 1.807) is 0 Å². The minimum Gasteiger partial charge on any atom is -0.274 e. The van der Waals surface area contributed by atoms with Crippen molar-refractivity contribution in [1.82, 2.24) is 0 Å². The van der Waals surface area contributed by atoms with Gasteiger partial charge in [-0.15, -0.1) is 0 Å². The molecule has 0 saturated carbocycles. The van der Waals surface area contributed by atoms with Gasteiger partial charge in [0.1, 0.15) is 0 Å². The van der Waals surface area contributed by atoms with Crippen molar-refractivity contribution in [3.63, 3.8) is 0 Å². The Balaban J connectivity index is -0.00000000333. The van der Waals surface area contributed by atoms with Crippen LogP contribution in [0.3, 0.4) is 0 Å². The number of hydrogen-bond acceptors (Lipinski definition) is 2. The van der Waals surface area contributed by atoms with Gasteiger partial charge in [-0.05, 0) is 0 Å². The molecular weight excluding hydrogens is 587 g/mol. The van der Waals surface area contributed by atoms with Crippen LogP contribution < -0.4 is 0 Å². The summed E-state index contributed by atoms with van der Waals surface area (Å²) in [5, 5.41) is 0. The molecule has 0 spiro atoms. The zero-order valence-electron chi connectivity index (χ0n) is 2.77. The molecule has 0 aromatic carbocycles. The standard InChI is InChI=1S/O2Si.Pb.3Pd/c1-3-2;;;;. The molecule has 2 nitrogen and oxygen atoms in total. The molecule has 0 aliphatic rings. The number of hydrogen-bond donors (Lipinski definition) is 0. The van der Waals surface area contributed by atoms with Crippen molar-refractivity contribution in [2.45, 2.75) is 0 Å². The van der Waals surface area contributed by atoms with Gasteiger partial charge in [0.15, 0.2) is 0 Å². The van der Waals surface area contributed by atoms with Gasteiger partial charge in [-0.3, -0.25) is 8.92 Å². The normalized spacial score (nSPS) is 1.14. The first-order valence-electron chi connectivity index (χ1n) is 0.408. The summed E-state index contributed by atoms with van der Waals surface area (Å²) in [5.41, 5.74) is 0. The van der Waals surface area contributed by atoms with Crippen LogP contribution in [0.4, 0.5) is 0 Å². The minimum atomic E-state index is -1.42. The SMILES string of the molecule is O=[Si]=O.[Pb].[Pd].[Pd].[Pd]. The van der Waals surface area contributed by atoms with Crippen molar-refractivity contribution >= 4 is 36.6 Å². The Morgan fingerprint density at radius 3 is 0.857 bits per heavy atom. The minimum absolute atomic E-state index is 0. The first-order valence-corrected chi connectivity index (χ1v) is 1.22. The largest absolute Gasteiger partial charge is 0.549 e. The second-order valence-electron chi connectivity index (χ2n) is 0.0833. The van der Waals surface area contributed by atoms with Crippen LogP contribution in [0, 0.1) is 0 Å². The van der Waals surface area contributed by atoms with Crippen molar-refractivity contribution in [3.05, 3.63) is 0 Å². The van der Waals surface area contributed by atoms with E-state index in [-0.39, 0.29) is 88.6 Å². The summed E-state index contributed by atoms with van der Waals surface area (Å²) in [5.74, 6) is 0. The van der Waals surface area contributed by atoms with Gasteiger partial charge in [0.2, 0.25) is 0 Å². The predicted molar refractivity (Wildman–Crippen MR) is 12.9 cm³/mol. The fourth-order valence-corrected chi connectivity index (χ4v) is 0. The first kappa shape index (κ1) is 33.2. The van der Waals surface area contributed by atoms with E-state index in [2.05, 4.69) is 0 Å². The fraction of sp³-hybridized carbons (Fsp3) is 0. The molecule has 0 atom stereocenters. The van der Waals surface area contributed by atoms with E-state index < -0.39 is 9.29 Å². The molecule has 50 valence electrons. The summed E-state index contributed by atoms with van der Waals surface area (Å²) in [4.78, 5) is 0. The zero-order chi connectivity index (χ0) is 2.71. The molecule has 0 bridgehead atoms. The molecule has 0 fully saturated rings. The molecule has 4 radical (unpaired) electrons. The van der Waals surface area contributed by atoms with E-state index in [9.17, 15) is 0 Å². The monoisotopic (exact) mass is 586 g/mol. The molecule has 0 N–H and O–H groups in total. The average molecular weight is 587 g/mol. The fourth-order valence-electron chi connectivity index (χ4n) is 0. The van der Waals surface area contributed by atoms with E-state index >= 15 is 0 Å². The van der Waals surface area contributed by atoms with Crippen molar-refractivity contribution in [3.8, 4) is 0 Å². The maximum atomic E-state index is 8.40. The van der Waals surface area contributed by atoms with Crippen LogP contribution in [0.1, 0.15) is 0 Å². The molecule has 7 heavy (non-hydrogen) atoms. The molecule has 0 amide bonds. The molecule has 7 heteroatoms. The molecule has 0 rings (SSSR count). The van der Waals surface area contributed by atoms with Crippen molar-refractivity contribution in [2.24, 2.45) is 0 Å². The van der Waals surface area contributed by atoms with Gasteiger partial charge in [-0.1, -0.05) is 0 Å².